The molecule has 1 N–H and O–H groups in total. The molecule has 0 saturated heterocycles. The van der Waals surface area contributed by atoms with Crippen molar-refractivity contribution in [3.05, 3.63) is 58.6 Å². The molecule has 0 aromatic heterocycles. The van der Waals surface area contributed by atoms with Crippen LogP contribution in [0.4, 0.5) is 0 Å². The number of carbonyl (C=O) groups is 1. The zero-order valence-corrected chi connectivity index (χ0v) is 14.3. The van der Waals surface area contributed by atoms with Crippen molar-refractivity contribution in [3.63, 3.8) is 0 Å². The molecule has 0 aliphatic carbocycles. The summed E-state index contributed by atoms with van der Waals surface area (Å²) in [5, 5.41) is 4.40. The van der Waals surface area contributed by atoms with Crippen LogP contribution in [0.25, 0.3) is 0 Å². The van der Waals surface area contributed by atoms with Crippen LogP contribution in [0.1, 0.15) is 29.3 Å². The normalized spacial score (nSPS) is 10.6. The van der Waals surface area contributed by atoms with E-state index < -0.39 is 5.91 Å². The van der Waals surface area contributed by atoms with Crippen molar-refractivity contribution in [2.24, 2.45) is 5.10 Å². The first-order chi connectivity index (χ1) is 11.6. The van der Waals surface area contributed by atoms with E-state index in [1.165, 1.54) is 13.2 Å². The second-order valence-corrected chi connectivity index (χ2v) is 5.40. The van der Waals surface area contributed by atoms with Gasteiger partial charge in [0.05, 0.1) is 25.5 Å². The van der Waals surface area contributed by atoms with Crippen LogP contribution in [0, 0.1) is 0 Å². The van der Waals surface area contributed by atoms with E-state index in [1.807, 2.05) is 24.3 Å². The number of hydrazone groups is 1. The fourth-order valence-corrected chi connectivity index (χ4v) is 2.13. The molecule has 6 heteroatoms. The SMILES string of the molecule is CCCOc1ccc(/C=N/NC(=O)c2cc(Cl)ccc2OC)cc1. The number of halogens is 1. The average Bonchev–Trinajstić information content (AvgIpc) is 2.61. The van der Waals surface area contributed by atoms with Crippen LogP contribution in [0.3, 0.4) is 0 Å². The van der Waals surface area contributed by atoms with Crippen LogP contribution in [0.5, 0.6) is 11.5 Å². The molecular weight excluding hydrogens is 328 g/mol. The second-order valence-electron chi connectivity index (χ2n) is 4.96. The molecule has 5 nitrogen and oxygen atoms in total. The number of amides is 1. The molecule has 0 spiro atoms. The number of hydrogen-bond donors (Lipinski definition) is 1. The van der Waals surface area contributed by atoms with Crippen molar-refractivity contribution in [2.75, 3.05) is 13.7 Å². The second kappa shape index (κ2) is 8.93. The monoisotopic (exact) mass is 346 g/mol. The van der Waals surface area contributed by atoms with Gasteiger partial charge in [-0.1, -0.05) is 18.5 Å². The summed E-state index contributed by atoms with van der Waals surface area (Å²) in [5.74, 6) is 0.847. The molecule has 2 aromatic rings. The standard InChI is InChI=1S/C18H19ClN2O3/c1-3-10-24-15-7-4-13(5-8-15)12-20-21-18(22)16-11-14(19)6-9-17(16)23-2/h4-9,11-12H,3,10H2,1-2H3,(H,21,22)/b20-12+. The summed E-state index contributed by atoms with van der Waals surface area (Å²) in [7, 11) is 1.49. The van der Waals surface area contributed by atoms with Crippen molar-refractivity contribution in [3.8, 4) is 11.5 Å². The van der Waals surface area contributed by atoms with Gasteiger partial charge in [0, 0.05) is 5.02 Å². The first-order valence-corrected chi connectivity index (χ1v) is 7.91. The minimum Gasteiger partial charge on any atom is -0.496 e. The Balaban J connectivity index is 1.98. The molecule has 0 unspecified atom stereocenters. The molecule has 0 atom stereocenters. The van der Waals surface area contributed by atoms with Crippen LogP contribution in [0.2, 0.25) is 5.02 Å². The van der Waals surface area contributed by atoms with E-state index in [-0.39, 0.29) is 0 Å². The minimum atomic E-state index is -0.395. The number of hydrogen-bond acceptors (Lipinski definition) is 4. The topological polar surface area (TPSA) is 59.9 Å². The Morgan fingerprint density at radius 3 is 2.67 bits per heavy atom. The lowest BCUT2D eigenvalue weighted by Gasteiger charge is -2.07. The molecule has 2 rings (SSSR count). The molecular formula is C18H19ClN2O3. The summed E-state index contributed by atoms with van der Waals surface area (Å²) in [4.78, 5) is 12.2. The zero-order valence-electron chi connectivity index (χ0n) is 13.6. The van der Waals surface area contributed by atoms with Crippen LogP contribution < -0.4 is 14.9 Å². The molecule has 2 aromatic carbocycles. The molecule has 24 heavy (non-hydrogen) atoms. The third-order valence-electron chi connectivity index (χ3n) is 3.14. The van der Waals surface area contributed by atoms with Crippen LogP contribution >= 0.6 is 11.6 Å². The number of nitrogens with zero attached hydrogens (tertiary/aromatic N) is 1. The first-order valence-electron chi connectivity index (χ1n) is 7.54. The van der Waals surface area contributed by atoms with Gasteiger partial charge in [0.15, 0.2) is 0 Å². The molecule has 126 valence electrons. The fourth-order valence-electron chi connectivity index (χ4n) is 1.95. The van der Waals surface area contributed by atoms with Gasteiger partial charge in [-0.15, -0.1) is 0 Å². The van der Waals surface area contributed by atoms with Gasteiger partial charge >= 0.3 is 0 Å². The quantitative estimate of drug-likeness (QED) is 0.611. The number of methoxy groups -OCH3 is 1. The van der Waals surface area contributed by atoms with Gasteiger partial charge in [0.1, 0.15) is 11.5 Å². The van der Waals surface area contributed by atoms with E-state index >= 15 is 0 Å². The van der Waals surface area contributed by atoms with Crippen molar-refractivity contribution < 1.29 is 14.3 Å². The molecule has 0 saturated carbocycles. The molecule has 1 amide bonds. The molecule has 0 fully saturated rings. The van der Waals surface area contributed by atoms with Crippen molar-refractivity contribution in [1.82, 2.24) is 5.43 Å². The Morgan fingerprint density at radius 1 is 1.25 bits per heavy atom. The van der Waals surface area contributed by atoms with E-state index in [9.17, 15) is 4.79 Å². The van der Waals surface area contributed by atoms with Gasteiger partial charge in [-0.25, -0.2) is 5.43 Å². The highest BCUT2D eigenvalue weighted by Gasteiger charge is 2.12. The Kier molecular flexibility index (Phi) is 6.63. The summed E-state index contributed by atoms with van der Waals surface area (Å²) < 4.78 is 10.7. The predicted octanol–water partition coefficient (Wildman–Crippen LogP) is 3.90. The van der Waals surface area contributed by atoms with Crippen LogP contribution in [0.15, 0.2) is 47.6 Å². The largest absolute Gasteiger partial charge is 0.496 e. The number of ether oxygens (including phenoxy) is 2. The molecule has 0 aliphatic rings. The third kappa shape index (κ3) is 4.99. The van der Waals surface area contributed by atoms with E-state index in [2.05, 4.69) is 17.5 Å². The van der Waals surface area contributed by atoms with Crippen molar-refractivity contribution in [1.29, 1.82) is 0 Å². The van der Waals surface area contributed by atoms with Crippen molar-refractivity contribution in [2.45, 2.75) is 13.3 Å². The van der Waals surface area contributed by atoms with Gasteiger partial charge in [-0.05, 0) is 54.4 Å². The maximum absolute atomic E-state index is 12.2. The summed E-state index contributed by atoms with van der Waals surface area (Å²) in [5.41, 5.74) is 3.63. The van der Waals surface area contributed by atoms with Gasteiger partial charge in [-0.2, -0.15) is 5.10 Å². The number of rotatable bonds is 7. The smallest absolute Gasteiger partial charge is 0.275 e. The minimum absolute atomic E-state index is 0.325. The average molecular weight is 347 g/mol. The lowest BCUT2D eigenvalue weighted by molar-refractivity contribution is 0.0952. The summed E-state index contributed by atoms with van der Waals surface area (Å²) >= 11 is 5.91. The zero-order chi connectivity index (χ0) is 17.4. The van der Waals surface area contributed by atoms with Crippen molar-refractivity contribution >= 4 is 23.7 Å². The van der Waals surface area contributed by atoms with E-state index in [4.69, 9.17) is 21.1 Å². The maximum atomic E-state index is 12.2. The van der Waals surface area contributed by atoms with Gasteiger partial charge in [0.2, 0.25) is 0 Å². The summed E-state index contributed by atoms with van der Waals surface area (Å²) in [6.45, 7) is 2.74. The third-order valence-corrected chi connectivity index (χ3v) is 3.37. The van der Waals surface area contributed by atoms with E-state index in [0.29, 0.717) is 22.9 Å². The number of carbonyl (C=O) groups excluding carboxylic acids is 1. The fraction of sp³-hybridized carbons (Fsp3) is 0.222. The summed E-state index contributed by atoms with van der Waals surface area (Å²) in [6, 6.07) is 12.3. The van der Waals surface area contributed by atoms with Crippen LogP contribution in [-0.4, -0.2) is 25.8 Å². The van der Waals surface area contributed by atoms with Gasteiger partial charge in [-0.3, -0.25) is 4.79 Å². The first kappa shape index (κ1) is 17.8. The van der Waals surface area contributed by atoms with Gasteiger partial charge in [0.25, 0.3) is 5.91 Å². The predicted molar refractivity (Wildman–Crippen MR) is 95.3 cm³/mol. The summed E-state index contributed by atoms with van der Waals surface area (Å²) in [6.07, 6.45) is 2.51. The molecule has 0 bridgehead atoms. The van der Waals surface area contributed by atoms with Gasteiger partial charge < -0.3 is 9.47 Å². The maximum Gasteiger partial charge on any atom is 0.275 e. The molecule has 0 radical (unpaired) electrons. The molecule has 0 heterocycles. The number of benzene rings is 2. The highest BCUT2D eigenvalue weighted by molar-refractivity contribution is 6.31. The Bertz CT molecular complexity index is 715. The van der Waals surface area contributed by atoms with E-state index in [1.54, 1.807) is 18.3 Å². The lowest BCUT2D eigenvalue weighted by Crippen LogP contribution is -2.18. The highest BCUT2D eigenvalue weighted by Crippen LogP contribution is 2.22. The Labute approximate surface area is 146 Å². The number of nitrogens with one attached hydrogen (secondary N) is 1. The Morgan fingerprint density at radius 2 is 2.00 bits per heavy atom. The van der Waals surface area contributed by atoms with Crippen LogP contribution in [-0.2, 0) is 0 Å². The van der Waals surface area contributed by atoms with E-state index in [0.717, 1.165) is 17.7 Å². The highest BCUT2D eigenvalue weighted by atomic mass is 35.5. The lowest BCUT2D eigenvalue weighted by atomic mass is 10.2. The Hall–Kier alpha value is -2.53. The molecule has 0 aliphatic heterocycles.